The molecule has 4 fully saturated rings. The second-order valence-corrected chi connectivity index (χ2v) is 10.8. The van der Waals surface area contributed by atoms with Crippen LogP contribution in [0.25, 0.3) is 0 Å². The molecule has 9 atom stereocenters. The molecule has 28 heavy (non-hydrogen) atoms. The van der Waals surface area contributed by atoms with Gasteiger partial charge in [0.05, 0.1) is 6.10 Å². The lowest BCUT2D eigenvalue weighted by molar-refractivity contribution is -0.182. The highest BCUT2D eigenvalue weighted by Crippen LogP contribution is 2.67. The minimum atomic E-state index is -0.523. The molecule has 4 heteroatoms. The Hall–Kier alpha value is -0.900. The molecule has 0 bridgehead atoms. The third kappa shape index (κ3) is 2.97. The number of carbonyl (C=O) groups excluding carboxylic acids is 2. The Labute approximate surface area is 169 Å². The van der Waals surface area contributed by atoms with Crippen LogP contribution in [0.15, 0.2) is 0 Å². The van der Waals surface area contributed by atoms with Crippen LogP contribution in [0.1, 0.15) is 85.5 Å². The van der Waals surface area contributed by atoms with Gasteiger partial charge in [-0.1, -0.05) is 20.8 Å². The lowest BCUT2D eigenvalue weighted by atomic mass is 9.44. The van der Waals surface area contributed by atoms with Crippen LogP contribution < -0.4 is 0 Å². The van der Waals surface area contributed by atoms with Crippen molar-refractivity contribution < 1.29 is 19.4 Å². The highest BCUT2D eigenvalue weighted by atomic mass is 16.6. The van der Waals surface area contributed by atoms with Gasteiger partial charge in [0.2, 0.25) is 0 Å². The Balaban J connectivity index is 1.58. The largest absolute Gasteiger partial charge is 0.460 e. The molecule has 4 rings (SSSR count). The molecule has 0 spiro atoms. The lowest BCUT2D eigenvalue weighted by Crippen LogP contribution is -2.57. The van der Waals surface area contributed by atoms with Gasteiger partial charge in [-0.05, 0) is 85.9 Å². The molecule has 0 aliphatic heterocycles. The summed E-state index contributed by atoms with van der Waals surface area (Å²) in [5.74, 6) is 2.94. The summed E-state index contributed by atoms with van der Waals surface area (Å²) in [6.45, 7) is 8.27. The second kappa shape index (κ2) is 7.11. The van der Waals surface area contributed by atoms with E-state index in [2.05, 4.69) is 13.8 Å². The first-order chi connectivity index (χ1) is 13.2. The van der Waals surface area contributed by atoms with Gasteiger partial charge in [-0.25, -0.2) is 0 Å². The summed E-state index contributed by atoms with van der Waals surface area (Å²) in [4.78, 5) is 24.2. The zero-order valence-electron chi connectivity index (χ0n) is 18.1. The first-order valence-electron chi connectivity index (χ1n) is 11.6. The van der Waals surface area contributed by atoms with Crippen molar-refractivity contribution in [3.63, 3.8) is 0 Å². The van der Waals surface area contributed by atoms with Crippen molar-refractivity contribution in [3.05, 3.63) is 0 Å². The fourth-order valence-corrected chi connectivity index (χ4v) is 8.36. The molecular formula is C24H38O4. The zero-order chi connectivity index (χ0) is 20.3. The number of ketones is 1. The highest BCUT2D eigenvalue weighted by molar-refractivity contribution is 5.82. The molecule has 158 valence electrons. The average molecular weight is 391 g/mol. The van der Waals surface area contributed by atoms with E-state index in [1.165, 1.54) is 32.6 Å². The SMILES string of the molecule is CCC(=O)[C@H]1CC[C@H]2[C@@H]3CC[C@H]4C[C@H](O)[C@@H](OC(C)=O)C[C@]4(C)[C@H]3CC[C@]12C. The average Bonchev–Trinajstić information content (AvgIpc) is 2.99. The van der Waals surface area contributed by atoms with Crippen molar-refractivity contribution in [1.82, 2.24) is 0 Å². The standard InChI is InChI=1S/C24H38O4/c1-5-20(26)19-9-8-17-16-7-6-15-12-21(27)22(28-14(2)25)13-24(15,4)18(16)10-11-23(17,19)3/h15-19,21-22,27H,5-13H2,1-4H3/t15-,16-,17-,18-,19+,21-,22-,23-,24-/m0/s1. The zero-order valence-corrected chi connectivity index (χ0v) is 18.1. The Bertz CT molecular complexity index is 645. The maximum absolute atomic E-state index is 12.6. The Morgan fingerprint density at radius 2 is 1.75 bits per heavy atom. The highest BCUT2D eigenvalue weighted by Gasteiger charge is 2.62. The summed E-state index contributed by atoms with van der Waals surface area (Å²) in [6.07, 6.45) is 8.36. The summed E-state index contributed by atoms with van der Waals surface area (Å²) in [7, 11) is 0. The van der Waals surface area contributed by atoms with Gasteiger partial charge in [0.25, 0.3) is 0 Å². The summed E-state index contributed by atoms with van der Waals surface area (Å²) in [5, 5.41) is 10.6. The number of hydrogen-bond donors (Lipinski definition) is 1. The summed E-state index contributed by atoms with van der Waals surface area (Å²) >= 11 is 0. The normalized spacial score (nSPS) is 50.2. The number of esters is 1. The number of ether oxygens (including phenoxy) is 1. The monoisotopic (exact) mass is 390 g/mol. The summed E-state index contributed by atoms with van der Waals surface area (Å²) < 4.78 is 5.53. The van der Waals surface area contributed by atoms with Crippen molar-refractivity contribution in [2.75, 3.05) is 0 Å². The fourth-order valence-electron chi connectivity index (χ4n) is 8.36. The molecule has 0 saturated heterocycles. The van der Waals surface area contributed by atoms with E-state index in [1.807, 2.05) is 6.92 Å². The molecule has 4 saturated carbocycles. The van der Waals surface area contributed by atoms with Crippen molar-refractivity contribution in [2.24, 2.45) is 40.4 Å². The van der Waals surface area contributed by atoms with E-state index in [0.717, 1.165) is 25.7 Å². The number of aliphatic hydroxyl groups excluding tert-OH is 1. The van der Waals surface area contributed by atoms with Crippen LogP contribution in [0.5, 0.6) is 0 Å². The van der Waals surface area contributed by atoms with Gasteiger partial charge in [0.1, 0.15) is 11.9 Å². The van der Waals surface area contributed by atoms with Crippen LogP contribution >= 0.6 is 0 Å². The van der Waals surface area contributed by atoms with E-state index in [1.54, 1.807) is 0 Å². The van der Waals surface area contributed by atoms with E-state index in [-0.39, 0.29) is 28.8 Å². The van der Waals surface area contributed by atoms with Gasteiger partial charge in [0, 0.05) is 19.3 Å². The van der Waals surface area contributed by atoms with E-state index >= 15 is 0 Å². The maximum Gasteiger partial charge on any atom is 0.302 e. The van der Waals surface area contributed by atoms with E-state index < -0.39 is 6.10 Å². The molecule has 0 aromatic carbocycles. The third-order valence-corrected chi connectivity index (χ3v) is 9.72. The molecule has 4 aliphatic rings. The molecule has 4 aliphatic carbocycles. The van der Waals surface area contributed by atoms with Crippen LogP contribution in [0, 0.1) is 40.4 Å². The van der Waals surface area contributed by atoms with Crippen molar-refractivity contribution >= 4 is 11.8 Å². The van der Waals surface area contributed by atoms with Gasteiger partial charge < -0.3 is 9.84 Å². The predicted octanol–water partition coefficient (Wildman–Crippen LogP) is 4.53. The van der Waals surface area contributed by atoms with Gasteiger partial charge in [0.15, 0.2) is 0 Å². The van der Waals surface area contributed by atoms with E-state index in [9.17, 15) is 14.7 Å². The van der Waals surface area contributed by atoms with Crippen LogP contribution in [0.3, 0.4) is 0 Å². The third-order valence-electron chi connectivity index (χ3n) is 9.72. The topological polar surface area (TPSA) is 63.6 Å². The van der Waals surface area contributed by atoms with Gasteiger partial charge in [-0.2, -0.15) is 0 Å². The van der Waals surface area contributed by atoms with Crippen LogP contribution in [-0.4, -0.2) is 29.1 Å². The predicted molar refractivity (Wildman–Crippen MR) is 107 cm³/mol. The van der Waals surface area contributed by atoms with Crippen molar-refractivity contribution in [1.29, 1.82) is 0 Å². The van der Waals surface area contributed by atoms with Crippen LogP contribution in [-0.2, 0) is 14.3 Å². The van der Waals surface area contributed by atoms with E-state index in [4.69, 9.17) is 4.74 Å². The van der Waals surface area contributed by atoms with Gasteiger partial charge >= 0.3 is 5.97 Å². The number of rotatable bonds is 3. The van der Waals surface area contributed by atoms with Gasteiger partial charge in [-0.15, -0.1) is 0 Å². The minimum Gasteiger partial charge on any atom is -0.460 e. The first kappa shape index (κ1) is 20.4. The summed E-state index contributed by atoms with van der Waals surface area (Å²) in [5.41, 5.74) is 0.317. The first-order valence-corrected chi connectivity index (χ1v) is 11.6. The number of carbonyl (C=O) groups is 2. The second-order valence-electron chi connectivity index (χ2n) is 10.8. The number of Topliss-reactive ketones (excluding diaryl/α,β-unsaturated/α-hetero) is 1. The maximum atomic E-state index is 12.6. The summed E-state index contributed by atoms with van der Waals surface area (Å²) in [6, 6.07) is 0. The molecule has 1 N–H and O–H groups in total. The molecule has 0 unspecified atom stereocenters. The number of hydrogen-bond acceptors (Lipinski definition) is 4. The minimum absolute atomic E-state index is 0.135. The molecule has 0 aromatic heterocycles. The van der Waals surface area contributed by atoms with Crippen LogP contribution in [0.2, 0.25) is 0 Å². The molecule has 0 aromatic rings. The Morgan fingerprint density at radius 1 is 1.04 bits per heavy atom. The van der Waals surface area contributed by atoms with Crippen molar-refractivity contribution in [2.45, 2.75) is 97.7 Å². The quantitative estimate of drug-likeness (QED) is 0.719. The number of aliphatic hydroxyl groups is 1. The Kier molecular flexibility index (Phi) is 5.17. The molecular weight excluding hydrogens is 352 g/mol. The molecule has 4 nitrogen and oxygen atoms in total. The lowest BCUT2D eigenvalue weighted by Gasteiger charge is -2.61. The van der Waals surface area contributed by atoms with Crippen LogP contribution in [0.4, 0.5) is 0 Å². The van der Waals surface area contributed by atoms with Crippen molar-refractivity contribution in [3.8, 4) is 0 Å². The molecule has 0 radical (unpaired) electrons. The number of fused-ring (bicyclic) bond motifs is 5. The fraction of sp³-hybridized carbons (Fsp3) is 0.917. The van der Waals surface area contributed by atoms with Gasteiger partial charge in [-0.3, -0.25) is 9.59 Å². The Morgan fingerprint density at radius 3 is 2.43 bits per heavy atom. The van der Waals surface area contributed by atoms with E-state index in [0.29, 0.717) is 35.9 Å². The molecule has 0 amide bonds. The smallest absolute Gasteiger partial charge is 0.302 e. The molecule has 0 heterocycles.